The molecule has 0 aromatic rings. The molecule has 0 aliphatic carbocycles. The fourth-order valence-electron chi connectivity index (χ4n) is 3.35. The van der Waals surface area contributed by atoms with E-state index in [9.17, 15) is 9.59 Å². The van der Waals surface area contributed by atoms with Crippen LogP contribution >= 0.6 is 0 Å². The van der Waals surface area contributed by atoms with E-state index in [4.69, 9.17) is 5.84 Å². The van der Waals surface area contributed by atoms with Crippen molar-refractivity contribution in [1.82, 2.24) is 15.2 Å². The van der Waals surface area contributed by atoms with Crippen LogP contribution in [-0.4, -0.2) is 53.8 Å². The van der Waals surface area contributed by atoms with Gasteiger partial charge < -0.3 is 4.90 Å². The van der Waals surface area contributed by atoms with E-state index in [0.29, 0.717) is 38.5 Å². The summed E-state index contributed by atoms with van der Waals surface area (Å²) in [5.41, 5.74) is 2.20. The molecular weight excluding hydrogens is 256 g/mol. The van der Waals surface area contributed by atoms with Crippen LogP contribution < -0.4 is 11.3 Å². The Morgan fingerprint density at radius 3 is 2.50 bits per heavy atom. The molecule has 0 aromatic carbocycles. The molecule has 6 heteroatoms. The molecule has 0 aromatic heterocycles. The van der Waals surface area contributed by atoms with Gasteiger partial charge in [0, 0.05) is 25.0 Å². The van der Waals surface area contributed by atoms with Gasteiger partial charge in [0.05, 0.1) is 6.54 Å². The van der Waals surface area contributed by atoms with Crippen molar-refractivity contribution in [3.8, 4) is 0 Å². The van der Waals surface area contributed by atoms with E-state index in [1.54, 1.807) is 0 Å². The maximum absolute atomic E-state index is 12.3. The number of amides is 2. The average Bonchev–Trinajstić information content (AvgIpc) is 2.93. The number of carbonyl (C=O) groups is 2. The largest absolute Gasteiger partial charge is 0.342 e. The molecule has 0 radical (unpaired) electrons. The topological polar surface area (TPSA) is 78.7 Å². The van der Waals surface area contributed by atoms with E-state index in [0.717, 1.165) is 13.0 Å². The summed E-state index contributed by atoms with van der Waals surface area (Å²) in [7, 11) is 0. The highest BCUT2D eigenvalue weighted by Crippen LogP contribution is 2.21. The Labute approximate surface area is 120 Å². The lowest BCUT2D eigenvalue weighted by molar-refractivity contribution is -0.136. The molecule has 6 nitrogen and oxygen atoms in total. The third kappa shape index (κ3) is 3.49. The first-order valence-corrected chi connectivity index (χ1v) is 7.68. The molecule has 2 fully saturated rings. The summed E-state index contributed by atoms with van der Waals surface area (Å²) in [6, 6.07) is 0.569. The van der Waals surface area contributed by atoms with Gasteiger partial charge in [0.1, 0.15) is 0 Å². The maximum atomic E-state index is 12.3. The highest BCUT2D eigenvalue weighted by Gasteiger charge is 2.30. The van der Waals surface area contributed by atoms with Crippen LogP contribution in [0.15, 0.2) is 0 Å². The average molecular weight is 282 g/mol. The smallest absolute Gasteiger partial charge is 0.237 e. The van der Waals surface area contributed by atoms with Crippen molar-refractivity contribution < 1.29 is 9.59 Å². The lowest BCUT2D eigenvalue weighted by Gasteiger charge is -2.33. The Morgan fingerprint density at radius 1 is 1.20 bits per heavy atom. The minimum Gasteiger partial charge on any atom is -0.342 e. The molecule has 2 heterocycles. The van der Waals surface area contributed by atoms with Crippen LogP contribution in [0.3, 0.4) is 0 Å². The molecular formula is C14H26N4O2. The summed E-state index contributed by atoms with van der Waals surface area (Å²) in [5.74, 6) is 5.20. The number of carbonyl (C=O) groups excluding carboxylic acids is 2. The predicted octanol–water partition coefficient (Wildman–Crippen LogP) is 0.0893. The first-order valence-electron chi connectivity index (χ1n) is 7.68. The van der Waals surface area contributed by atoms with Crippen molar-refractivity contribution in [2.75, 3.05) is 26.2 Å². The van der Waals surface area contributed by atoms with Crippen LogP contribution in [0.25, 0.3) is 0 Å². The van der Waals surface area contributed by atoms with Crippen molar-refractivity contribution >= 4 is 11.8 Å². The van der Waals surface area contributed by atoms with E-state index in [1.807, 2.05) is 4.90 Å². The third-order valence-electron chi connectivity index (χ3n) is 4.67. The van der Waals surface area contributed by atoms with Gasteiger partial charge in [0.15, 0.2) is 0 Å². The van der Waals surface area contributed by atoms with Crippen LogP contribution in [0.4, 0.5) is 0 Å². The second-order valence-electron chi connectivity index (χ2n) is 5.84. The zero-order chi connectivity index (χ0) is 14.5. The summed E-state index contributed by atoms with van der Waals surface area (Å²) in [4.78, 5) is 28.0. The van der Waals surface area contributed by atoms with E-state index in [-0.39, 0.29) is 17.7 Å². The van der Waals surface area contributed by atoms with Gasteiger partial charge in [0.25, 0.3) is 0 Å². The minimum absolute atomic E-state index is 0.0424. The van der Waals surface area contributed by atoms with Crippen LogP contribution in [0.5, 0.6) is 0 Å². The van der Waals surface area contributed by atoms with Gasteiger partial charge >= 0.3 is 0 Å². The number of hydrazine groups is 1. The van der Waals surface area contributed by atoms with Crippen LogP contribution in [-0.2, 0) is 9.59 Å². The fourth-order valence-corrected chi connectivity index (χ4v) is 3.35. The molecule has 2 saturated heterocycles. The van der Waals surface area contributed by atoms with Crippen LogP contribution in [0, 0.1) is 5.92 Å². The first kappa shape index (κ1) is 15.3. The van der Waals surface area contributed by atoms with Crippen LogP contribution in [0.1, 0.15) is 39.0 Å². The third-order valence-corrected chi connectivity index (χ3v) is 4.67. The number of hydrogen-bond acceptors (Lipinski definition) is 4. The Kier molecular flexibility index (Phi) is 5.37. The number of likely N-dealkylation sites (tertiary alicyclic amines) is 2. The van der Waals surface area contributed by atoms with E-state index in [2.05, 4.69) is 17.2 Å². The van der Waals surface area contributed by atoms with Crippen LogP contribution in [0.2, 0.25) is 0 Å². The van der Waals surface area contributed by atoms with Gasteiger partial charge in [-0.15, -0.1) is 0 Å². The molecule has 0 saturated carbocycles. The van der Waals surface area contributed by atoms with Gasteiger partial charge in [-0.05, 0) is 38.6 Å². The number of nitrogens with one attached hydrogen (secondary N) is 1. The second kappa shape index (κ2) is 7.04. The molecule has 114 valence electrons. The van der Waals surface area contributed by atoms with Gasteiger partial charge in [-0.3, -0.25) is 19.9 Å². The fraction of sp³-hybridized carbons (Fsp3) is 0.857. The molecule has 3 N–H and O–H groups in total. The quantitative estimate of drug-likeness (QED) is 0.435. The zero-order valence-corrected chi connectivity index (χ0v) is 12.3. The Morgan fingerprint density at radius 2 is 1.90 bits per heavy atom. The van der Waals surface area contributed by atoms with Crippen molar-refractivity contribution in [3.05, 3.63) is 0 Å². The highest BCUT2D eigenvalue weighted by atomic mass is 16.2. The van der Waals surface area contributed by atoms with Crippen molar-refractivity contribution in [2.24, 2.45) is 11.8 Å². The highest BCUT2D eigenvalue weighted by molar-refractivity contribution is 5.80. The Bertz CT molecular complexity index is 353. The maximum Gasteiger partial charge on any atom is 0.237 e. The number of nitrogens with zero attached hydrogens (tertiary/aromatic N) is 2. The molecule has 2 rings (SSSR count). The number of hydrogen-bond donors (Lipinski definition) is 2. The van der Waals surface area contributed by atoms with Crippen molar-refractivity contribution in [2.45, 2.75) is 45.1 Å². The second-order valence-corrected chi connectivity index (χ2v) is 5.84. The molecule has 20 heavy (non-hydrogen) atoms. The van der Waals surface area contributed by atoms with Crippen molar-refractivity contribution in [1.29, 1.82) is 0 Å². The van der Waals surface area contributed by atoms with E-state index in [1.165, 1.54) is 12.8 Å². The summed E-state index contributed by atoms with van der Waals surface area (Å²) in [6.45, 7) is 5.09. The molecule has 1 unspecified atom stereocenters. The lowest BCUT2D eigenvalue weighted by atomic mass is 9.96. The molecule has 0 spiro atoms. The molecule has 1 atom stereocenters. The molecule has 0 bridgehead atoms. The van der Waals surface area contributed by atoms with E-state index >= 15 is 0 Å². The van der Waals surface area contributed by atoms with Gasteiger partial charge in [-0.2, -0.15) is 0 Å². The SMILES string of the molecule is CCC1CCCN1CC(=O)N1CCC(C(=O)NN)CC1. The van der Waals surface area contributed by atoms with Gasteiger partial charge in [0.2, 0.25) is 11.8 Å². The number of nitrogens with two attached hydrogens (primary N) is 1. The lowest BCUT2D eigenvalue weighted by Crippen LogP contribution is -2.47. The summed E-state index contributed by atoms with van der Waals surface area (Å²) < 4.78 is 0. The van der Waals surface area contributed by atoms with Gasteiger partial charge in [-0.1, -0.05) is 6.92 Å². The monoisotopic (exact) mass is 282 g/mol. The molecule has 2 aliphatic rings. The molecule has 2 amide bonds. The Hall–Kier alpha value is -1.14. The first-order chi connectivity index (χ1) is 9.65. The summed E-state index contributed by atoms with van der Waals surface area (Å²) >= 11 is 0. The number of rotatable bonds is 4. The van der Waals surface area contributed by atoms with Crippen molar-refractivity contribution in [3.63, 3.8) is 0 Å². The summed E-state index contributed by atoms with van der Waals surface area (Å²) in [5, 5.41) is 0. The normalized spacial score (nSPS) is 24.9. The standard InChI is InChI=1S/C14H26N4O2/c1-2-12-4-3-7-18(12)10-13(19)17-8-5-11(6-9-17)14(20)16-15/h11-12H,2-10,15H2,1H3,(H,16,20). The summed E-state index contributed by atoms with van der Waals surface area (Å²) in [6.07, 6.45) is 4.96. The zero-order valence-electron chi connectivity index (χ0n) is 12.3. The Balaban J connectivity index is 1.78. The van der Waals surface area contributed by atoms with Gasteiger partial charge in [-0.25, -0.2) is 5.84 Å². The minimum atomic E-state index is -0.109. The molecule has 2 aliphatic heterocycles. The predicted molar refractivity (Wildman–Crippen MR) is 76.5 cm³/mol. The van der Waals surface area contributed by atoms with E-state index < -0.39 is 0 Å². The number of piperidine rings is 1.